The van der Waals surface area contributed by atoms with E-state index in [2.05, 4.69) is 15.0 Å². The maximum Gasteiger partial charge on any atom is 0.329 e. The summed E-state index contributed by atoms with van der Waals surface area (Å²) in [5, 5.41) is -0.167. The van der Waals surface area contributed by atoms with E-state index in [-0.39, 0.29) is 23.1 Å². The van der Waals surface area contributed by atoms with Crippen LogP contribution in [0, 0.1) is 11.6 Å². The SMILES string of the molecule is COc1nc(Cl)nc(Oc2ccc(F)cc2F)n1. The van der Waals surface area contributed by atoms with Crippen molar-refractivity contribution in [2.45, 2.75) is 0 Å². The minimum atomic E-state index is -0.884. The smallest absolute Gasteiger partial charge is 0.329 e. The molecule has 0 amide bonds. The molecule has 5 nitrogen and oxygen atoms in total. The minimum Gasteiger partial charge on any atom is -0.467 e. The van der Waals surface area contributed by atoms with Crippen LogP contribution in [0.4, 0.5) is 8.78 Å². The van der Waals surface area contributed by atoms with Gasteiger partial charge in [0.2, 0.25) is 5.28 Å². The van der Waals surface area contributed by atoms with Crippen molar-refractivity contribution < 1.29 is 18.3 Å². The quantitative estimate of drug-likeness (QED) is 0.860. The van der Waals surface area contributed by atoms with Gasteiger partial charge in [-0.15, -0.1) is 4.98 Å². The maximum absolute atomic E-state index is 13.3. The van der Waals surface area contributed by atoms with Crippen LogP contribution in [0.25, 0.3) is 0 Å². The molecule has 18 heavy (non-hydrogen) atoms. The molecular weight excluding hydrogens is 268 g/mol. The lowest BCUT2D eigenvalue weighted by atomic mass is 10.3. The predicted octanol–water partition coefficient (Wildman–Crippen LogP) is 2.60. The number of nitrogens with zero attached hydrogens (tertiary/aromatic N) is 3. The van der Waals surface area contributed by atoms with E-state index >= 15 is 0 Å². The first-order valence-corrected chi connectivity index (χ1v) is 5.05. The molecular formula is C10H6ClF2N3O2. The van der Waals surface area contributed by atoms with Crippen LogP contribution in [-0.2, 0) is 0 Å². The maximum atomic E-state index is 13.3. The summed E-state index contributed by atoms with van der Waals surface area (Å²) in [5.74, 6) is -1.84. The number of ether oxygens (including phenoxy) is 2. The Bertz CT molecular complexity index is 583. The average molecular weight is 274 g/mol. The summed E-state index contributed by atoms with van der Waals surface area (Å²) in [6.07, 6.45) is 0. The summed E-state index contributed by atoms with van der Waals surface area (Å²) in [5.41, 5.74) is 0. The molecule has 0 fully saturated rings. The Kier molecular flexibility index (Phi) is 3.52. The molecule has 2 aromatic rings. The topological polar surface area (TPSA) is 57.1 Å². The second kappa shape index (κ2) is 5.09. The van der Waals surface area contributed by atoms with Gasteiger partial charge in [-0.05, 0) is 23.7 Å². The van der Waals surface area contributed by atoms with E-state index in [9.17, 15) is 8.78 Å². The monoisotopic (exact) mass is 273 g/mol. The lowest BCUT2D eigenvalue weighted by molar-refractivity contribution is 0.353. The summed E-state index contributed by atoms with van der Waals surface area (Å²) < 4.78 is 35.8. The summed E-state index contributed by atoms with van der Waals surface area (Å²) in [4.78, 5) is 10.9. The van der Waals surface area contributed by atoms with Crippen LogP contribution in [-0.4, -0.2) is 22.1 Å². The molecule has 0 aliphatic rings. The molecule has 0 N–H and O–H groups in total. The van der Waals surface area contributed by atoms with Gasteiger partial charge in [0.15, 0.2) is 11.6 Å². The minimum absolute atomic E-state index is 0.0764. The Morgan fingerprint density at radius 1 is 1.11 bits per heavy atom. The number of rotatable bonds is 3. The van der Waals surface area contributed by atoms with E-state index < -0.39 is 11.6 Å². The van der Waals surface area contributed by atoms with Gasteiger partial charge in [0.25, 0.3) is 0 Å². The highest BCUT2D eigenvalue weighted by molar-refractivity contribution is 6.28. The summed E-state index contributed by atoms with van der Waals surface area (Å²) in [7, 11) is 1.33. The molecule has 8 heteroatoms. The first-order valence-electron chi connectivity index (χ1n) is 4.67. The largest absolute Gasteiger partial charge is 0.467 e. The number of hydrogen-bond donors (Lipinski definition) is 0. The highest BCUT2D eigenvalue weighted by Crippen LogP contribution is 2.23. The zero-order chi connectivity index (χ0) is 13.1. The van der Waals surface area contributed by atoms with Crippen molar-refractivity contribution in [2.24, 2.45) is 0 Å². The van der Waals surface area contributed by atoms with Crippen molar-refractivity contribution in [3.05, 3.63) is 35.1 Å². The molecule has 1 aromatic heterocycles. The Hall–Kier alpha value is -2.02. The van der Waals surface area contributed by atoms with Gasteiger partial charge in [0, 0.05) is 6.07 Å². The fourth-order valence-corrected chi connectivity index (χ4v) is 1.25. The molecule has 0 aliphatic heterocycles. The Balaban J connectivity index is 2.30. The van der Waals surface area contributed by atoms with Crippen LogP contribution in [0.1, 0.15) is 0 Å². The molecule has 1 heterocycles. The standard InChI is InChI=1S/C10H6ClF2N3O2/c1-17-9-14-8(11)15-10(16-9)18-7-3-2-5(12)4-6(7)13/h2-4H,1H3. The number of aromatic nitrogens is 3. The van der Waals surface area contributed by atoms with E-state index in [4.69, 9.17) is 21.1 Å². The fraction of sp³-hybridized carbons (Fsp3) is 0.100. The second-order valence-electron chi connectivity index (χ2n) is 3.05. The molecule has 0 unspecified atom stereocenters. The third-order valence-electron chi connectivity index (χ3n) is 1.84. The molecule has 94 valence electrons. The molecule has 0 spiro atoms. The van der Waals surface area contributed by atoms with Crippen molar-refractivity contribution in [3.63, 3.8) is 0 Å². The summed E-state index contributed by atoms with van der Waals surface area (Å²) >= 11 is 5.58. The van der Waals surface area contributed by atoms with Crippen LogP contribution in [0.15, 0.2) is 18.2 Å². The average Bonchev–Trinajstić information content (AvgIpc) is 2.32. The van der Waals surface area contributed by atoms with Crippen LogP contribution in [0.5, 0.6) is 17.8 Å². The van der Waals surface area contributed by atoms with Gasteiger partial charge < -0.3 is 9.47 Å². The zero-order valence-electron chi connectivity index (χ0n) is 9.02. The number of halogens is 3. The Morgan fingerprint density at radius 3 is 2.50 bits per heavy atom. The Labute approximate surface area is 105 Å². The number of methoxy groups -OCH3 is 1. The first-order chi connectivity index (χ1) is 8.58. The Morgan fingerprint density at radius 2 is 1.83 bits per heavy atom. The highest BCUT2D eigenvalue weighted by Gasteiger charge is 2.11. The van der Waals surface area contributed by atoms with Crippen LogP contribution >= 0.6 is 11.6 Å². The van der Waals surface area contributed by atoms with Crippen molar-refractivity contribution in [1.82, 2.24) is 15.0 Å². The molecule has 0 aliphatic carbocycles. The van der Waals surface area contributed by atoms with E-state index in [0.717, 1.165) is 12.1 Å². The zero-order valence-corrected chi connectivity index (χ0v) is 9.78. The van der Waals surface area contributed by atoms with Crippen LogP contribution in [0.2, 0.25) is 5.28 Å². The molecule has 0 saturated carbocycles. The van der Waals surface area contributed by atoms with Crippen molar-refractivity contribution in [3.8, 4) is 17.8 Å². The normalized spacial score (nSPS) is 10.2. The van der Waals surface area contributed by atoms with Gasteiger partial charge in [0.05, 0.1) is 7.11 Å². The van der Waals surface area contributed by atoms with E-state index in [1.165, 1.54) is 7.11 Å². The van der Waals surface area contributed by atoms with E-state index in [1.807, 2.05) is 0 Å². The second-order valence-corrected chi connectivity index (χ2v) is 3.39. The molecule has 1 aromatic carbocycles. The highest BCUT2D eigenvalue weighted by atomic mass is 35.5. The van der Waals surface area contributed by atoms with Gasteiger partial charge in [0.1, 0.15) is 5.82 Å². The molecule has 0 saturated heterocycles. The molecule has 0 atom stereocenters. The van der Waals surface area contributed by atoms with Gasteiger partial charge >= 0.3 is 12.0 Å². The van der Waals surface area contributed by atoms with Gasteiger partial charge in [-0.1, -0.05) is 0 Å². The first kappa shape index (κ1) is 12.4. The third kappa shape index (κ3) is 2.80. The van der Waals surface area contributed by atoms with Crippen molar-refractivity contribution >= 4 is 11.6 Å². The number of hydrogen-bond acceptors (Lipinski definition) is 5. The molecule has 0 radical (unpaired) electrons. The van der Waals surface area contributed by atoms with Gasteiger partial charge in [-0.3, -0.25) is 0 Å². The summed E-state index contributed by atoms with van der Waals surface area (Å²) in [6, 6.07) is 2.49. The lowest BCUT2D eigenvalue weighted by Gasteiger charge is -2.05. The van der Waals surface area contributed by atoms with Crippen LogP contribution in [0.3, 0.4) is 0 Å². The van der Waals surface area contributed by atoms with Crippen molar-refractivity contribution in [1.29, 1.82) is 0 Å². The van der Waals surface area contributed by atoms with E-state index in [1.54, 1.807) is 0 Å². The predicted molar refractivity (Wildman–Crippen MR) is 57.8 cm³/mol. The van der Waals surface area contributed by atoms with Gasteiger partial charge in [-0.2, -0.15) is 9.97 Å². The van der Waals surface area contributed by atoms with Gasteiger partial charge in [-0.25, -0.2) is 8.78 Å². The third-order valence-corrected chi connectivity index (χ3v) is 2.01. The lowest BCUT2D eigenvalue weighted by Crippen LogP contribution is -1.99. The van der Waals surface area contributed by atoms with Crippen molar-refractivity contribution in [2.75, 3.05) is 7.11 Å². The van der Waals surface area contributed by atoms with Crippen LogP contribution < -0.4 is 9.47 Å². The summed E-state index contributed by atoms with van der Waals surface area (Å²) in [6.45, 7) is 0. The molecule has 0 bridgehead atoms. The van der Waals surface area contributed by atoms with E-state index in [0.29, 0.717) is 6.07 Å². The fourth-order valence-electron chi connectivity index (χ4n) is 1.11. The number of benzene rings is 1. The molecule has 2 rings (SSSR count).